The maximum atomic E-state index is 13.6. The molecule has 0 rings (SSSR count). The first-order valence-corrected chi connectivity index (χ1v) is 32.7. The van der Waals surface area contributed by atoms with Crippen LogP contribution in [0.2, 0.25) is 0 Å². The SMILES string of the molecule is CC/C=C\C/C=C\C/C=C\C/C=C\C/C=C\CCCCCCCCCCCC(=O)NC(COP(=O)(O)OCC[N+](C)(C)C)C(/C=C\CCCCCCCCCCC)OC(=O)CCCCCCCCC/C=C/C=C/C=C/CC. The Kier molecular flexibility index (Phi) is 53.5. The quantitative estimate of drug-likeness (QED) is 0.0156. The Bertz CT molecular complexity index is 1690. The standard InChI is InChI=1S/C67H117N2O7P/c1-7-10-13-16-19-22-25-27-29-30-31-32-33-34-35-36-37-38-40-41-44-47-50-53-56-59-66(70)68-64(63-75-77(72,73)74-62-61-69(4,5)6)65(58-55-52-49-46-43-24-21-18-15-12-9-3)76-67(71)60-57-54-51-48-45-42-39-28-26-23-20-17-14-11-8-2/h10-11,13-14,17,19-20,22-23,26-27,29,31-32,34-35,55,58,64-65H,7-9,12,15-16,18,21,24-25,28,30,33,36-54,56-57,59-63H2,1-6H3,(H-,68,70,72,73)/p+1/b13-10-,14-11+,20-17+,22-19-,26-23+,29-27-,32-31-,35-34-,58-55-. The van der Waals surface area contributed by atoms with Crippen molar-refractivity contribution < 1.29 is 37.3 Å². The molecule has 3 atom stereocenters. The number of hydrogen-bond acceptors (Lipinski definition) is 6. The monoisotopic (exact) mass is 1090 g/mol. The van der Waals surface area contributed by atoms with Gasteiger partial charge in [-0.25, -0.2) is 4.57 Å². The highest BCUT2D eigenvalue weighted by Gasteiger charge is 2.30. The third-order valence-electron chi connectivity index (χ3n) is 13.3. The minimum absolute atomic E-state index is 0.0315. The number of esters is 1. The highest BCUT2D eigenvalue weighted by molar-refractivity contribution is 7.47. The summed E-state index contributed by atoms with van der Waals surface area (Å²) in [5, 5.41) is 3.05. The molecule has 0 aliphatic carbocycles. The fourth-order valence-corrected chi connectivity index (χ4v) is 9.23. The average molecular weight is 1090 g/mol. The Hall–Kier alpha value is -3.33. The Morgan fingerprint density at radius 1 is 0.481 bits per heavy atom. The molecule has 0 aromatic heterocycles. The lowest BCUT2D eigenvalue weighted by Gasteiger charge is -2.27. The largest absolute Gasteiger partial charge is 0.472 e. The van der Waals surface area contributed by atoms with Crippen molar-refractivity contribution in [3.63, 3.8) is 0 Å². The molecular weight excluding hydrogens is 976 g/mol. The summed E-state index contributed by atoms with van der Waals surface area (Å²) in [4.78, 5) is 37.7. The van der Waals surface area contributed by atoms with Crippen molar-refractivity contribution in [2.75, 3.05) is 40.9 Å². The van der Waals surface area contributed by atoms with Gasteiger partial charge in [0.25, 0.3) is 0 Å². The topological polar surface area (TPSA) is 111 Å². The molecule has 0 radical (unpaired) electrons. The number of phosphoric ester groups is 1. The second-order valence-electron chi connectivity index (χ2n) is 21.9. The molecule has 0 aliphatic heterocycles. The maximum absolute atomic E-state index is 13.6. The van der Waals surface area contributed by atoms with Crippen LogP contribution in [0.4, 0.5) is 0 Å². The van der Waals surface area contributed by atoms with E-state index in [1.807, 2.05) is 33.3 Å². The van der Waals surface area contributed by atoms with Crippen molar-refractivity contribution >= 4 is 19.7 Å². The Labute approximate surface area is 474 Å². The first-order chi connectivity index (χ1) is 37.4. The number of quaternary nitrogens is 1. The number of unbranched alkanes of at least 4 members (excludes halogenated alkanes) is 25. The lowest BCUT2D eigenvalue weighted by molar-refractivity contribution is -0.870. The van der Waals surface area contributed by atoms with E-state index in [4.69, 9.17) is 13.8 Å². The third kappa shape index (κ3) is 57.2. The molecule has 0 heterocycles. The van der Waals surface area contributed by atoms with Gasteiger partial charge >= 0.3 is 13.8 Å². The molecular formula is C67H118N2O7P+. The molecule has 1 amide bonds. The van der Waals surface area contributed by atoms with E-state index in [-0.39, 0.29) is 31.5 Å². The zero-order valence-electron chi connectivity index (χ0n) is 50.4. The van der Waals surface area contributed by atoms with Gasteiger partial charge in [-0.3, -0.25) is 18.6 Å². The van der Waals surface area contributed by atoms with Crippen molar-refractivity contribution in [1.29, 1.82) is 0 Å². The van der Waals surface area contributed by atoms with Gasteiger partial charge in [0.1, 0.15) is 19.3 Å². The van der Waals surface area contributed by atoms with Crippen molar-refractivity contribution in [3.8, 4) is 0 Å². The van der Waals surface area contributed by atoms with Crippen molar-refractivity contribution in [1.82, 2.24) is 5.32 Å². The zero-order valence-corrected chi connectivity index (χ0v) is 51.3. The smallest absolute Gasteiger partial charge is 0.456 e. The van der Waals surface area contributed by atoms with Gasteiger partial charge in [-0.2, -0.15) is 0 Å². The molecule has 0 spiro atoms. The fraction of sp³-hybridized carbons (Fsp3) is 0.701. The van der Waals surface area contributed by atoms with Crippen LogP contribution in [0.5, 0.6) is 0 Å². The van der Waals surface area contributed by atoms with E-state index in [2.05, 4.69) is 123 Å². The highest BCUT2D eigenvalue weighted by Crippen LogP contribution is 2.43. The molecule has 9 nitrogen and oxygen atoms in total. The number of rotatable bonds is 55. The number of allylic oxidation sites excluding steroid dienone is 17. The van der Waals surface area contributed by atoms with Gasteiger partial charge in [0.15, 0.2) is 0 Å². The third-order valence-corrected chi connectivity index (χ3v) is 14.3. The minimum Gasteiger partial charge on any atom is -0.456 e. The molecule has 0 saturated heterocycles. The van der Waals surface area contributed by atoms with Crippen LogP contribution in [-0.2, 0) is 27.9 Å². The summed E-state index contributed by atoms with van der Waals surface area (Å²) in [6.07, 6.45) is 76.6. The van der Waals surface area contributed by atoms with E-state index in [9.17, 15) is 19.0 Å². The molecule has 0 aliphatic rings. The van der Waals surface area contributed by atoms with Crippen LogP contribution in [0.1, 0.15) is 252 Å². The molecule has 10 heteroatoms. The summed E-state index contributed by atoms with van der Waals surface area (Å²) in [5.74, 6) is -0.532. The number of carbonyl (C=O) groups is 2. The van der Waals surface area contributed by atoms with Gasteiger partial charge in [-0.05, 0) is 96.0 Å². The number of nitrogens with zero attached hydrogens (tertiary/aromatic N) is 1. The molecule has 2 N–H and O–H groups in total. The highest BCUT2D eigenvalue weighted by atomic mass is 31.2. The fourth-order valence-electron chi connectivity index (χ4n) is 8.50. The number of ether oxygens (including phenoxy) is 1. The maximum Gasteiger partial charge on any atom is 0.472 e. The summed E-state index contributed by atoms with van der Waals surface area (Å²) >= 11 is 0. The number of amides is 1. The number of nitrogens with one attached hydrogen (secondary N) is 1. The lowest BCUT2D eigenvalue weighted by Crippen LogP contribution is -2.47. The van der Waals surface area contributed by atoms with Gasteiger partial charge in [0.05, 0.1) is 33.8 Å². The Morgan fingerprint density at radius 2 is 0.896 bits per heavy atom. The number of phosphoric acid groups is 1. The summed E-state index contributed by atoms with van der Waals surface area (Å²) in [6.45, 7) is 6.74. The van der Waals surface area contributed by atoms with Crippen LogP contribution in [-0.4, -0.2) is 74.3 Å². The average Bonchev–Trinajstić information content (AvgIpc) is 3.39. The van der Waals surface area contributed by atoms with Gasteiger partial charge in [-0.1, -0.05) is 252 Å². The molecule has 77 heavy (non-hydrogen) atoms. The normalized spacial score (nSPS) is 14.4. The van der Waals surface area contributed by atoms with E-state index in [1.54, 1.807) is 0 Å². The molecule has 0 saturated carbocycles. The summed E-state index contributed by atoms with van der Waals surface area (Å²) in [7, 11) is 1.47. The minimum atomic E-state index is -4.46. The number of hydrogen-bond donors (Lipinski definition) is 2. The molecule has 0 aromatic carbocycles. The molecule has 0 fully saturated rings. The first kappa shape index (κ1) is 73.7. The summed E-state index contributed by atoms with van der Waals surface area (Å²) < 4.78 is 30.7. The van der Waals surface area contributed by atoms with E-state index in [0.717, 1.165) is 122 Å². The first-order valence-electron chi connectivity index (χ1n) is 31.2. The summed E-state index contributed by atoms with van der Waals surface area (Å²) in [6, 6.07) is -0.863. The van der Waals surface area contributed by atoms with E-state index in [1.165, 1.54) is 96.3 Å². The Morgan fingerprint density at radius 3 is 1.39 bits per heavy atom. The second-order valence-corrected chi connectivity index (χ2v) is 23.3. The zero-order chi connectivity index (χ0) is 56.4. The van der Waals surface area contributed by atoms with Gasteiger partial charge < -0.3 is 19.4 Å². The van der Waals surface area contributed by atoms with Crippen LogP contribution in [0.15, 0.2) is 109 Å². The molecule has 0 aromatic rings. The Balaban J connectivity index is 5.16. The van der Waals surface area contributed by atoms with Crippen molar-refractivity contribution in [3.05, 3.63) is 109 Å². The van der Waals surface area contributed by atoms with Gasteiger partial charge in [0.2, 0.25) is 5.91 Å². The second kappa shape index (κ2) is 56.0. The van der Waals surface area contributed by atoms with Gasteiger partial charge in [0, 0.05) is 12.8 Å². The van der Waals surface area contributed by atoms with Crippen LogP contribution < -0.4 is 5.32 Å². The van der Waals surface area contributed by atoms with E-state index in [0.29, 0.717) is 17.4 Å². The van der Waals surface area contributed by atoms with E-state index < -0.39 is 20.0 Å². The lowest BCUT2D eigenvalue weighted by atomic mass is 10.0. The van der Waals surface area contributed by atoms with Crippen LogP contribution in [0.25, 0.3) is 0 Å². The molecule has 3 unspecified atom stereocenters. The molecule has 442 valence electrons. The van der Waals surface area contributed by atoms with Crippen LogP contribution in [0.3, 0.4) is 0 Å². The van der Waals surface area contributed by atoms with Crippen LogP contribution in [0, 0.1) is 0 Å². The molecule has 0 bridgehead atoms. The van der Waals surface area contributed by atoms with Crippen LogP contribution >= 0.6 is 7.82 Å². The van der Waals surface area contributed by atoms with Crippen molar-refractivity contribution in [2.45, 2.75) is 264 Å². The predicted molar refractivity (Wildman–Crippen MR) is 332 cm³/mol. The van der Waals surface area contributed by atoms with Crippen molar-refractivity contribution in [2.24, 2.45) is 0 Å². The summed E-state index contributed by atoms with van der Waals surface area (Å²) in [5.41, 5.74) is 0. The number of likely N-dealkylation sites (N-methyl/N-ethyl adjacent to an activating group) is 1. The number of carbonyl (C=O) groups excluding carboxylic acids is 2. The van der Waals surface area contributed by atoms with Gasteiger partial charge in [-0.15, -0.1) is 0 Å². The van der Waals surface area contributed by atoms with E-state index >= 15 is 0 Å². The predicted octanol–water partition coefficient (Wildman–Crippen LogP) is 19.3.